The van der Waals surface area contributed by atoms with Gasteiger partial charge in [0, 0.05) is 18.1 Å². The van der Waals surface area contributed by atoms with Crippen LogP contribution in [-0.2, 0) is 7.05 Å². The molecule has 0 aromatic carbocycles. The molecule has 19 heavy (non-hydrogen) atoms. The summed E-state index contributed by atoms with van der Waals surface area (Å²) in [5.74, 6) is 6.08. The maximum Gasteiger partial charge on any atom is 0.211 e. The zero-order valence-electron chi connectivity index (χ0n) is 10.5. The van der Waals surface area contributed by atoms with E-state index in [1.54, 1.807) is 11.3 Å². The molecule has 2 aromatic heterocycles. The second-order valence-corrected chi connectivity index (χ2v) is 5.27. The molecular weight excluding hydrogens is 258 g/mol. The van der Waals surface area contributed by atoms with E-state index in [9.17, 15) is 0 Å². The molecule has 0 fully saturated rings. The van der Waals surface area contributed by atoms with E-state index < -0.39 is 0 Å². The third-order valence-electron chi connectivity index (χ3n) is 3.04. The van der Waals surface area contributed by atoms with Gasteiger partial charge in [0.25, 0.3) is 0 Å². The Kier molecular flexibility index (Phi) is 3.10. The molecule has 4 N–H and O–H groups in total. The lowest BCUT2D eigenvalue weighted by Gasteiger charge is -2.21. The summed E-state index contributed by atoms with van der Waals surface area (Å²) in [6, 6.07) is 8.18. The van der Waals surface area contributed by atoms with E-state index in [-0.39, 0.29) is 6.04 Å². The van der Waals surface area contributed by atoms with Crippen molar-refractivity contribution in [3.8, 4) is 0 Å². The highest BCUT2D eigenvalue weighted by Gasteiger charge is 2.19. The number of hydrogen-bond acceptors (Lipinski definition) is 5. The Bertz CT molecular complexity index is 623. The van der Waals surface area contributed by atoms with Gasteiger partial charge in [0.15, 0.2) is 0 Å². The van der Waals surface area contributed by atoms with Gasteiger partial charge in [-0.2, -0.15) is 0 Å². The number of aromatic nitrogens is 1. The van der Waals surface area contributed by atoms with Crippen molar-refractivity contribution in [2.24, 2.45) is 17.9 Å². The summed E-state index contributed by atoms with van der Waals surface area (Å²) < 4.78 is 2.06. The number of hydrazine groups is 1. The first-order valence-corrected chi connectivity index (χ1v) is 6.84. The molecule has 1 aliphatic rings. The van der Waals surface area contributed by atoms with Crippen molar-refractivity contribution in [1.29, 1.82) is 0 Å². The normalized spacial score (nSPS) is 18.5. The first kappa shape index (κ1) is 12.0. The predicted molar refractivity (Wildman–Crippen MR) is 78.3 cm³/mol. The Hall–Kier alpha value is -2.05. The van der Waals surface area contributed by atoms with Crippen LogP contribution in [0.25, 0.3) is 5.70 Å². The lowest BCUT2D eigenvalue weighted by Crippen LogP contribution is -2.42. The number of nitrogens with zero attached hydrogens (tertiary/aromatic N) is 2. The SMILES string of the molecule is Cn1cccc1C1=CC(c2cccs2)N=C(NN)N1. The molecule has 1 aliphatic heterocycles. The van der Waals surface area contributed by atoms with Crippen LogP contribution in [0, 0.1) is 0 Å². The Labute approximate surface area is 115 Å². The third kappa shape index (κ3) is 2.27. The highest BCUT2D eigenvalue weighted by atomic mass is 32.1. The van der Waals surface area contributed by atoms with Crippen LogP contribution in [0.4, 0.5) is 0 Å². The Balaban J connectivity index is 1.99. The molecule has 0 amide bonds. The Morgan fingerprint density at radius 1 is 1.42 bits per heavy atom. The fraction of sp³-hybridized carbons (Fsp3) is 0.154. The van der Waals surface area contributed by atoms with Gasteiger partial charge in [0.1, 0.15) is 6.04 Å². The number of rotatable bonds is 2. The number of nitrogens with one attached hydrogen (secondary N) is 2. The summed E-state index contributed by atoms with van der Waals surface area (Å²) >= 11 is 1.69. The topological polar surface area (TPSA) is 67.4 Å². The molecule has 1 atom stereocenters. The smallest absolute Gasteiger partial charge is 0.211 e. The second kappa shape index (κ2) is 4.91. The maximum absolute atomic E-state index is 5.50. The highest BCUT2D eigenvalue weighted by Crippen LogP contribution is 2.29. The van der Waals surface area contributed by atoms with E-state index in [1.807, 2.05) is 25.4 Å². The molecule has 3 rings (SSSR count). The minimum Gasteiger partial charge on any atom is -0.349 e. The largest absolute Gasteiger partial charge is 0.349 e. The average molecular weight is 273 g/mol. The summed E-state index contributed by atoms with van der Waals surface area (Å²) in [7, 11) is 2.01. The molecule has 0 saturated carbocycles. The van der Waals surface area contributed by atoms with Crippen molar-refractivity contribution in [3.05, 3.63) is 52.5 Å². The number of nitrogens with two attached hydrogens (primary N) is 1. The standard InChI is InChI=1S/C13H15N5S/c1-18-6-2-4-11(18)9-8-10(12-5-3-7-19-12)16-13(15-9)17-14/h2-8,10H,14H2,1H3,(H2,15,16,17). The van der Waals surface area contributed by atoms with Crippen molar-refractivity contribution in [2.75, 3.05) is 0 Å². The Morgan fingerprint density at radius 3 is 2.95 bits per heavy atom. The van der Waals surface area contributed by atoms with Crippen molar-refractivity contribution in [3.63, 3.8) is 0 Å². The van der Waals surface area contributed by atoms with Gasteiger partial charge >= 0.3 is 0 Å². The average Bonchev–Trinajstić information content (AvgIpc) is 3.09. The fourth-order valence-electron chi connectivity index (χ4n) is 2.10. The fourth-order valence-corrected chi connectivity index (χ4v) is 2.84. The lowest BCUT2D eigenvalue weighted by molar-refractivity contribution is 0.831. The van der Waals surface area contributed by atoms with E-state index >= 15 is 0 Å². The van der Waals surface area contributed by atoms with Crippen molar-refractivity contribution in [2.45, 2.75) is 6.04 Å². The highest BCUT2D eigenvalue weighted by molar-refractivity contribution is 7.10. The van der Waals surface area contributed by atoms with E-state index in [1.165, 1.54) is 4.88 Å². The molecule has 1 unspecified atom stereocenters. The van der Waals surface area contributed by atoms with Crippen LogP contribution in [0.3, 0.4) is 0 Å². The molecule has 2 aromatic rings. The number of thiophene rings is 1. The zero-order valence-corrected chi connectivity index (χ0v) is 11.3. The van der Waals surface area contributed by atoms with Gasteiger partial charge in [-0.15, -0.1) is 11.3 Å². The number of guanidine groups is 1. The molecule has 3 heterocycles. The molecule has 0 saturated heterocycles. The summed E-state index contributed by atoms with van der Waals surface area (Å²) in [6.45, 7) is 0. The molecule has 0 spiro atoms. The van der Waals surface area contributed by atoms with Gasteiger partial charge in [0.2, 0.25) is 5.96 Å². The van der Waals surface area contributed by atoms with Gasteiger partial charge in [-0.25, -0.2) is 10.8 Å². The van der Waals surface area contributed by atoms with Gasteiger partial charge < -0.3 is 9.88 Å². The summed E-state index contributed by atoms with van der Waals surface area (Å²) in [6.07, 6.45) is 4.13. The minimum absolute atomic E-state index is 0.00259. The van der Waals surface area contributed by atoms with E-state index in [0.717, 1.165) is 11.4 Å². The van der Waals surface area contributed by atoms with Gasteiger partial charge in [-0.1, -0.05) is 6.07 Å². The van der Waals surface area contributed by atoms with E-state index in [4.69, 9.17) is 5.84 Å². The molecule has 0 radical (unpaired) electrons. The molecule has 6 heteroatoms. The van der Waals surface area contributed by atoms with Crippen molar-refractivity contribution < 1.29 is 0 Å². The first-order valence-electron chi connectivity index (χ1n) is 5.96. The van der Waals surface area contributed by atoms with Crippen LogP contribution < -0.4 is 16.6 Å². The predicted octanol–water partition coefficient (Wildman–Crippen LogP) is 1.59. The van der Waals surface area contributed by atoms with Crippen molar-refractivity contribution in [1.82, 2.24) is 15.3 Å². The molecule has 5 nitrogen and oxygen atoms in total. The molecule has 0 bridgehead atoms. The lowest BCUT2D eigenvalue weighted by atomic mass is 10.1. The zero-order chi connectivity index (χ0) is 13.2. The second-order valence-electron chi connectivity index (χ2n) is 4.29. The van der Waals surface area contributed by atoms with Crippen LogP contribution in [-0.4, -0.2) is 10.5 Å². The summed E-state index contributed by atoms with van der Waals surface area (Å²) in [5.41, 5.74) is 4.71. The van der Waals surface area contributed by atoms with Crippen molar-refractivity contribution >= 4 is 23.0 Å². The van der Waals surface area contributed by atoms with Crippen LogP contribution >= 0.6 is 11.3 Å². The molecular formula is C13H15N5S. The molecule has 98 valence electrons. The number of hydrogen-bond donors (Lipinski definition) is 3. The summed E-state index contributed by atoms with van der Waals surface area (Å²) in [5, 5.41) is 5.25. The minimum atomic E-state index is -0.00259. The van der Waals surface area contributed by atoms with Crippen LogP contribution in [0.2, 0.25) is 0 Å². The van der Waals surface area contributed by atoms with E-state index in [2.05, 4.69) is 43.9 Å². The first-order chi connectivity index (χ1) is 9.28. The quantitative estimate of drug-likeness (QED) is 0.575. The van der Waals surface area contributed by atoms with E-state index in [0.29, 0.717) is 5.96 Å². The monoisotopic (exact) mass is 273 g/mol. The van der Waals surface area contributed by atoms with Crippen LogP contribution in [0.1, 0.15) is 16.6 Å². The third-order valence-corrected chi connectivity index (χ3v) is 3.98. The summed E-state index contributed by atoms with van der Waals surface area (Å²) in [4.78, 5) is 5.72. The van der Waals surface area contributed by atoms with Gasteiger partial charge in [-0.05, 0) is 29.7 Å². The molecule has 0 aliphatic carbocycles. The Morgan fingerprint density at radius 2 is 2.32 bits per heavy atom. The van der Waals surface area contributed by atoms with Crippen LogP contribution in [0.15, 0.2) is 46.9 Å². The number of aryl methyl sites for hydroxylation is 1. The van der Waals surface area contributed by atoms with Gasteiger partial charge in [0.05, 0.1) is 11.4 Å². The number of aliphatic imine (C=N–C) groups is 1. The van der Waals surface area contributed by atoms with Gasteiger partial charge in [-0.3, -0.25) is 5.43 Å². The maximum atomic E-state index is 5.50. The van der Waals surface area contributed by atoms with Crippen LogP contribution in [0.5, 0.6) is 0 Å².